The fraction of sp³-hybridized carbons (Fsp3) is 0.364. The first-order valence-corrected chi connectivity index (χ1v) is 4.93. The van der Waals surface area contributed by atoms with E-state index in [-0.39, 0.29) is 11.3 Å². The molecule has 4 N–H and O–H groups in total. The summed E-state index contributed by atoms with van der Waals surface area (Å²) < 4.78 is 18.0. The number of hydrogen-bond acceptors (Lipinski definition) is 4. The largest absolute Gasteiger partial charge is 0.494 e. The van der Waals surface area contributed by atoms with Gasteiger partial charge in [-0.2, -0.15) is 0 Å². The number of aliphatic hydroxyl groups excluding tert-OH is 2. The van der Waals surface area contributed by atoms with E-state index in [1.54, 1.807) is 0 Å². The van der Waals surface area contributed by atoms with Crippen LogP contribution in [0.25, 0.3) is 0 Å². The zero-order chi connectivity index (χ0) is 13.0. The number of ether oxygens (including phenoxy) is 1. The van der Waals surface area contributed by atoms with Gasteiger partial charge in [0.2, 0.25) is 5.91 Å². The third-order valence-electron chi connectivity index (χ3n) is 2.29. The van der Waals surface area contributed by atoms with Crippen LogP contribution in [0.1, 0.15) is 18.1 Å². The van der Waals surface area contributed by atoms with Crippen molar-refractivity contribution in [1.82, 2.24) is 0 Å². The van der Waals surface area contributed by atoms with Gasteiger partial charge in [0, 0.05) is 0 Å². The molecule has 0 fully saturated rings. The van der Waals surface area contributed by atoms with Crippen molar-refractivity contribution in [2.45, 2.75) is 18.6 Å². The highest BCUT2D eigenvalue weighted by molar-refractivity contribution is 5.74. The maximum absolute atomic E-state index is 13.3. The Morgan fingerprint density at radius 3 is 2.65 bits per heavy atom. The van der Waals surface area contributed by atoms with E-state index in [0.717, 1.165) is 6.07 Å². The van der Waals surface area contributed by atoms with Crippen molar-refractivity contribution in [3.8, 4) is 5.75 Å². The average molecular weight is 243 g/mol. The molecule has 0 spiro atoms. The van der Waals surface area contributed by atoms with Crippen LogP contribution < -0.4 is 10.5 Å². The summed E-state index contributed by atoms with van der Waals surface area (Å²) in [7, 11) is 1.32. The average Bonchev–Trinajstić information content (AvgIpc) is 2.27. The summed E-state index contributed by atoms with van der Waals surface area (Å²) in [6, 6.07) is 3.76. The Kier molecular flexibility index (Phi) is 4.42. The molecule has 1 aromatic carbocycles. The Morgan fingerprint density at radius 1 is 1.53 bits per heavy atom. The molecule has 0 saturated carbocycles. The van der Waals surface area contributed by atoms with Crippen LogP contribution >= 0.6 is 0 Å². The van der Waals surface area contributed by atoms with Crippen molar-refractivity contribution in [3.63, 3.8) is 0 Å². The van der Waals surface area contributed by atoms with Gasteiger partial charge in [-0.15, -0.1) is 0 Å². The topological polar surface area (TPSA) is 92.8 Å². The first-order valence-electron chi connectivity index (χ1n) is 4.93. The summed E-state index contributed by atoms with van der Waals surface area (Å²) >= 11 is 0. The van der Waals surface area contributed by atoms with Gasteiger partial charge in [-0.1, -0.05) is 6.07 Å². The minimum absolute atomic E-state index is 0.0327. The zero-order valence-corrected chi connectivity index (χ0v) is 9.26. The SMILES string of the molecule is COc1ccc(C(O)C(O)CC(N)=O)cc1F. The second kappa shape index (κ2) is 5.60. The summed E-state index contributed by atoms with van der Waals surface area (Å²) in [6.45, 7) is 0. The Morgan fingerprint density at radius 2 is 2.18 bits per heavy atom. The van der Waals surface area contributed by atoms with Crippen LogP contribution in [0.15, 0.2) is 18.2 Å². The molecule has 1 amide bonds. The molecule has 6 heteroatoms. The van der Waals surface area contributed by atoms with Crippen LogP contribution in [0, 0.1) is 5.82 Å². The molecular weight excluding hydrogens is 229 g/mol. The maximum Gasteiger partial charge on any atom is 0.220 e. The van der Waals surface area contributed by atoms with Crippen LogP contribution in [0.4, 0.5) is 4.39 Å². The fourth-order valence-corrected chi connectivity index (χ4v) is 1.41. The lowest BCUT2D eigenvalue weighted by atomic mass is 10.0. The van der Waals surface area contributed by atoms with Gasteiger partial charge >= 0.3 is 0 Å². The standard InChI is InChI=1S/C11H14FNO4/c1-17-9-3-2-6(4-7(9)12)11(16)8(14)5-10(13)15/h2-4,8,11,14,16H,5H2,1H3,(H2,13,15). The fourth-order valence-electron chi connectivity index (χ4n) is 1.41. The van der Waals surface area contributed by atoms with Gasteiger partial charge in [0.25, 0.3) is 0 Å². The Hall–Kier alpha value is -1.66. The molecule has 0 saturated heterocycles. The lowest BCUT2D eigenvalue weighted by Crippen LogP contribution is -2.25. The van der Waals surface area contributed by atoms with Gasteiger partial charge in [-0.3, -0.25) is 4.79 Å². The monoisotopic (exact) mass is 243 g/mol. The Labute approximate surface area is 97.6 Å². The number of amides is 1. The third-order valence-corrected chi connectivity index (χ3v) is 2.29. The second-order valence-corrected chi connectivity index (χ2v) is 3.58. The number of benzene rings is 1. The number of hydrogen-bond donors (Lipinski definition) is 3. The molecule has 17 heavy (non-hydrogen) atoms. The lowest BCUT2D eigenvalue weighted by molar-refractivity contribution is -0.121. The number of aliphatic hydroxyl groups is 2. The summed E-state index contributed by atoms with van der Waals surface area (Å²) in [5.41, 5.74) is 5.03. The summed E-state index contributed by atoms with van der Waals surface area (Å²) in [6.07, 6.45) is -3.13. The first kappa shape index (κ1) is 13.4. The number of nitrogens with two attached hydrogens (primary N) is 1. The molecule has 2 unspecified atom stereocenters. The number of rotatable bonds is 5. The molecule has 1 rings (SSSR count). The zero-order valence-electron chi connectivity index (χ0n) is 9.26. The Balaban J connectivity index is 2.85. The number of methoxy groups -OCH3 is 1. The minimum atomic E-state index is -1.37. The van der Waals surface area contributed by atoms with E-state index < -0.39 is 30.4 Å². The van der Waals surface area contributed by atoms with Crippen molar-refractivity contribution in [2.24, 2.45) is 5.73 Å². The smallest absolute Gasteiger partial charge is 0.220 e. The van der Waals surface area contributed by atoms with E-state index in [2.05, 4.69) is 0 Å². The van der Waals surface area contributed by atoms with Gasteiger partial charge in [0.15, 0.2) is 11.6 Å². The van der Waals surface area contributed by atoms with Gasteiger partial charge in [0.1, 0.15) is 6.10 Å². The number of halogens is 1. The predicted octanol–water partition coefficient (Wildman–Crippen LogP) is 0.104. The van der Waals surface area contributed by atoms with Crippen LogP contribution in [-0.2, 0) is 4.79 Å². The van der Waals surface area contributed by atoms with Crippen molar-refractivity contribution in [1.29, 1.82) is 0 Å². The van der Waals surface area contributed by atoms with Gasteiger partial charge in [-0.25, -0.2) is 4.39 Å². The molecule has 0 aromatic heterocycles. The summed E-state index contributed by atoms with van der Waals surface area (Å²) in [5.74, 6) is -1.37. The van der Waals surface area contributed by atoms with E-state index in [9.17, 15) is 19.4 Å². The minimum Gasteiger partial charge on any atom is -0.494 e. The quantitative estimate of drug-likeness (QED) is 0.684. The highest BCUT2D eigenvalue weighted by Crippen LogP contribution is 2.24. The molecule has 1 aromatic rings. The van der Waals surface area contributed by atoms with E-state index in [1.165, 1.54) is 19.2 Å². The van der Waals surface area contributed by atoms with Crippen molar-refractivity contribution in [2.75, 3.05) is 7.11 Å². The highest BCUT2D eigenvalue weighted by atomic mass is 19.1. The van der Waals surface area contributed by atoms with Crippen LogP contribution in [0.3, 0.4) is 0 Å². The number of carbonyl (C=O) groups is 1. The number of carbonyl (C=O) groups excluding carboxylic acids is 1. The van der Waals surface area contributed by atoms with Gasteiger partial charge in [-0.05, 0) is 17.7 Å². The van der Waals surface area contributed by atoms with Crippen LogP contribution in [0.5, 0.6) is 5.75 Å². The van der Waals surface area contributed by atoms with Crippen molar-refractivity contribution in [3.05, 3.63) is 29.6 Å². The molecular formula is C11H14FNO4. The normalized spacial score (nSPS) is 14.1. The molecule has 0 aliphatic rings. The van der Waals surface area contributed by atoms with E-state index in [1.807, 2.05) is 0 Å². The third kappa shape index (κ3) is 3.40. The first-order chi connectivity index (χ1) is 7.95. The lowest BCUT2D eigenvalue weighted by Gasteiger charge is -2.17. The van der Waals surface area contributed by atoms with E-state index in [0.29, 0.717) is 0 Å². The second-order valence-electron chi connectivity index (χ2n) is 3.58. The van der Waals surface area contributed by atoms with Gasteiger partial charge in [0.05, 0.1) is 19.6 Å². The molecule has 94 valence electrons. The van der Waals surface area contributed by atoms with E-state index >= 15 is 0 Å². The van der Waals surface area contributed by atoms with Crippen LogP contribution in [-0.4, -0.2) is 29.3 Å². The maximum atomic E-state index is 13.3. The van der Waals surface area contributed by atoms with Crippen molar-refractivity contribution >= 4 is 5.91 Å². The summed E-state index contributed by atoms with van der Waals surface area (Å²) in [5, 5.41) is 19.1. The van der Waals surface area contributed by atoms with Gasteiger partial charge < -0.3 is 20.7 Å². The predicted molar refractivity (Wildman–Crippen MR) is 57.7 cm³/mol. The summed E-state index contributed by atoms with van der Waals surface area (Å²) in [4.78, 5) is 10.6. The van der Waals surface area contributed by atoms with Crippen LogP contribution in [0.2, 0.25) is 0 Å². The number of primary amides is 1. The molecule has 0 heterocycles. The molecule has 2 atom stereocenters. The molecule has 5 nitrogen and oxygen atoms in total. The Bertz CT molecular complexity index is 410. The molecule has 0 aliphatic heterocycles. The molecule has 0 bridgehead atoms. The molecule has 0 radical (unpaired) electrons. The van der Waals surface area contributed by atoms with Crippen molar-refractivity contribution < 1.29 is 24.1 Å². The highest BCUT2D eigenvalue weighted by Gasteiger charge is 2.21. The molecule has 0 aliphatic carbocycles. The van der Waals surface area contributed by atoms with E-state index in [4.69, 9.17) is 10.5 Å².